The second-order valence-corrected chi connectivity index (χ2v) is 8.04. The van der Waals surface area contributed by atoms with Crippen LogP contribution in [0.2, 0.25) is 10.6 Å². The Bertz CT molecular complexity index is 744. The van der Waals surface area contributed by atoms with Crippen molar-refractivity contribution >= 4 is 30.8 Å². The van der Waals surface area contributed by atoms with Crippen LogP contribution in [0.1, 0.15) is 33.6 Å². The molecule has 3 aliphatic heterocycles. The van der Waals surface area contributed by atoms with Gasteiger partial charge in [0.2, 0.25) is 11.8 Å². The normalized spacial score (nSPS) is 36.7. The van der Waals surface area contributed by atoms with Crippen molar-refractivity contribution in [3.63, 3.8) is 0 Å². The van der Waals surface area contributed by atoms with E-state index in [0.717, 1.165) is 20.1 Å². The van der Waals surface area contributed by atoms with Gasteiger partial charge in [-0.15, -0.1) is 0 Å². The molecule has 3 fully saturated rings. The van der Waals surface area contributed by atoms with Crippen molar-refractivity contribution in [2.45, 2.75) is 44.2 Å². The van der Waals surface area contributed by atoms with Crippen LogP contribution >= 0.6 is 0 Å². The maximum absolute atomic E-state index is 13.1. The van der Waals surface area contributed by atoms with E-state index in [4.69, 9.17) is 4.74 Å². The van der Waals surface area contributed by atoms with Crippen LogP contribution in [-0.2, 0) is 14.4 Å². The van der Waals surface area contributed by atoms with Crippen molar-refractivity contribution in [2.75, 3.05) is 4.90 Å². The largest absolute Gasteiger partial charge is 0.427 e. The number of fused-ring (bicyclic) bond motifs is 5. The molecule has 124 valence electrons. The van der Waals surface area contributed by atoms with Gasteiger partial charge in [-0.3, -0.25) is 14.4 Å². The van der Waals surface area contributed by atoms with E-state index >= 15 is 0 Å². The number of carbonyl (C=O) groups is 3. The second kappa shape index (κ2) is 4.71. The summed E-state index contributed by atoms with van der Waals surface area (Å²) in [5.41, 5.74) is 0.491. The van der Waals surface area contributed by atoms with Crippen molar-refractivity contribution in [3.8, 4) is 5.75 Å². The summed E-state index contributed by atoms with van der Waals surface area (Å²) >= 11 is 0. The number of anilines is 1. The fourth-order valence-corrected chi connectivity index (χ4v) is 5.38. The Labute approximate surface area is 141 Å². The summed E-state index contributed by atoms with van der Waals surface area (Å²) in [5, 5.41) is -0.150. The molecule has 3 saturated heterocycles. The van der Waals surface area contributed by atoms with Gasteiger partial charge in [0.25, 0.3) is 0 Å². The molecular formula is C18H20BNO4. The van der Waals surface area contributed by atoms with Gasteiger partial charge in [0.15, 0.2) is 0 Å². The van der Waals surface area contributed by atoms with Crippen molar-refractivity contribution in [1.29, 1.82) is 0 Å². The summed E-state index contributed by atoms with van der Waals surface area (Å²) in [6.07, 6.45) is 2.01. The standard InChI is InChI=1S/C18H20BNO4/c1-10(21)24-12-6-4-5-11(9-12)20-15(22)13-14(16(20)23)18(3)8-7-17(13,2)19-18/h4-6,9,13-14,19H,7-8H2,1-3H3. The number of amides is 2. The molecule has 4 atom stereocenters. The van der Waals surface area contributed by atoms with Gasteiger partial charge >= 0.3 is 5.97 Å². The molecule has 2 amide bonds. The van der Waals surface area contributed by atoms with Crippen molar-refractivity contribution < 1.29 is 19.1 Å². The highest BCUT2D eigenvalue weighted by molar-refractivity contribution is 6.51. The van der Waals surface area contributed by atoms with E-state index in [2.05, 4.69) is 13.8 Å². The number of hydrogen-bond acceptors (Lipinski definition) is 4. The van der Waals surface area contributed by atoms with Gasteiger partial charge in [0, 0.05) is 24.8 Å². The first-order valence-corrected chi connectivity index (χ1v) is 8.42. The molecule has 1 aromatic rings. The van der Waals surface area contributed by atoms with E-state index in [-0.39, 0.29) is 34.3 Å². The van der Waals surface area contributed by atoms with Crippen LogP contribution in [0.15, 0.2) is 24.3 Å². The van der Waals surface area contributed by atoms with E-state index in [0.29, 0.717) is 11.4 Å². The summed E-state index contributed by atoms with van der Waals surface area (Å²) in [6, 6.07) is 6.64. The summed E-state index contributed by atoms with van der Waals surface area (Å²) in [5.74, 6) is -0.728. The molecule has 0 radical (unpaired) electrons. The minimum atomic E-state index is -0.429. The Morgan fingerprint density at radius 2 is 1.75 bits per heavy atom. The van der Waals surface area contributed by atoms with E-state index in [1.54, 1.807) is 24.3 Å². The van der Waals surface area contributed by atoms with Crippen molar-refractivity contribution in [1.82, 2.24) is 0 Å². The number of rotatable bonds is 2. The van der Waals surface area contributed by atoms with E-state index in [1.165, 1.54) is 11.8 Å². The Hall–Kier alpha value is -2.11. The van der Waals surface area contributed by atoms with Crippen LogP contribution in [0.4, 0.5) is 5.69 Å². The molecule has 24 heavy (non-hydrogen) atoms. The maximum atomic E-state index is 13.1. The lowest BCUT2D eigenvalue weighted by Gasteiger charge is -2.33. The average molecular weight is 325 g/mol. The molecule has 5 nitrogen and oxygen atoms in total. The van der Waals surface area contributed by atoms with Crippen LogP contribution < -0.4 is 9.64 Å². The highest BCUT2D eigenvalue weighted by Gasteiger charge is 2.71. The van der Waals surface area contributed by atoms with Crippen molar-refractivity contribution in [3.05, 3.63) is 24.3 Å². The fraction of sp³-hybridized carbons (Fsp3) is 0.500. The number of benzene rings is 1. The monoisotopic (exact) mass is 325 g/mol. The van der Waals surface area contributed by atoms with E-state index in [1.807, 2.05) is 0 Å². The Kier molecular flexibility index (Phi) is 3.03. The van der Waals surface area contributed by atoms with Gasteiger partial charge in [-0.1, -0.05) is 32.8 Å². The number of hydrogen-bond donors (Lipinski definition) is 0. The molecule has 0 spiro atoms. The number of nitrogens with zero attached hydrogens (tertiary/aromatic N) is 1. The first-order valence-electron chi connectivity index (χ1n) is 8.42. The zero-order valence-corrected chi connectivity index (χ0v) is 14.2. The second-order valence-electron chi connectivity index (χ2n) is 8.04. The predicted octanol–water partition coefficient (Wildman–Crippen LogP) is 2.32. The Morgan fingerprint density at radius 1 is 1.17 bits per heavy atom. The van der Waals surface area contributed by atoms with E-state index < -0.39 is 5.97 Å². The van der Waals surface area contributed by atoms with Crippen LogP contribution in [0.5, 0.6) is 5.75 Å². The van der Waals surface area contributed by atoms with Gasteiger partial charge in [0.1, 0.15) is 13.0 Å². The molecule has 0 aliphatic carbocycles. The van der Waals surface area contributed by atoms with Crippen LogP contribution in [0.25, 0.3) is 0 Å². The molecule has 2 bridgehead atoms. The lowest BCUT2D eigenvalue weighted by Crippen LogP contribution is -2.35. The molecule has 4 rings (SSSR count). The molecule has 1 aromatic carbocycles. The first-order chi connectivity index (χ1) is 11.3. The summed E-state index contributed by atoms with van der Waals surface area (Å²) in [4.78, 5) is 38.6. The molecule has 0 aromatic heterocycles. The Morgan fingerprint density at radius 3 is 2.29 bits per heavy atom. The zero-order chi connectivity index (χ0) is 17.3. The van der Waals surface area contributed by atoms with E-state index in [9.17, 15) is 14.4 Å². The van der Waals surface area contributed by atoms with Crippen LogP contribution in [-0.4, -0.2) is 25.1 Å². The molecule has 4 unspecified atom stereocenters. The summed E-state index contributed by atoms with van der Waals surface area (Å²) < 4.78 is 5.08. The summed E-state index contributed by atoms with van der Waals surface area (Å²) in [6.45, 7) is 5.61. The first kappa shape index (κ1) is 15.4. The minimum Gasteiger partial charge on any atom is -0.427 e. The number of imide groups is 1. The average Bonchev–Trinajstić information content (AvgIpc) is 3.03. The minimum absolute atomic E-state index is 0.0750. The topological polar surface area (TPSA) is 63.7 Å². The third kappa shape index (κ3) is 1.92. The van der Waals surface area contributed by atoms with Crippen LogP contribution in [0, 0.1) is 11.8 Å². The third-order valence-electron chi connectivity index (χ3n) is 6.22. The maximum Gasteiger partial charge on any atom is 0.308 e. The van der Waals surface area contributed by atoms with Gasteiger partial charge in [-0.05, 0) is 22.8 Å². The third-order valence-corrected chi connectivity index (χ3v) is 6.22. The molecule has 0 saturated carbocycles. The number of ether oxygens (including phenoxy) is 1. The summed E-state index contributed by atoms with van der Waals surface area (Å²) in [7, 11) is 0.953. The zero-order valence-electron chi connectivity index (χ0n) is 14.2. The van der Waals surface area contributed by atoms with Crippen molar-refractivity contribution in [2.24, 2.45) is 11.8 Å². The number of carbonyl (C=O) groups excluding carboxylic acids is 3. The fourth-order valence-electron chi connectivity index (χ4n) is 5.38. The van der Waals surface area contributed by atoms with Crippen LogP contribution in [0.3, 0.4) is 0 Å². The lowest BCUT2D eigenvalue weighted by atomic mass is 9.49. The van der Waals surface area contributed by atoms with Gasteiger partial charge in [-0.2, -0.15) is 0 Å². The van der Waals surface area contributed by atoms with Gasteiger partial charge < -0.3 is 4.74 Å². The van der Waals surface area contributed by atoms with Gasteiger partial charge in [-0.25, -0.2) is 4.90 Å². The Balaban J connectivity index is 1.73. The molecule has 0 N–H and O–H groups in total. The predicted molar refractivity (Wildman–Crippen MR) is 90.3 cm³/mol. The smallest absolute Gasteiger partial charge is 0.308 e. The SMILES string of the molecule is CC(=O)Oc1cccc(N2C(=O)C3C(C2=O)C2(C)BC3(C)CC2)c1. The highest BCUT2D eigenvalue weighted by Crippen LogP contribution is 2.72. The highest BCUT2D eigenvalue weighted by atomic mass is 16.5. The van der Waals surface area contributed by atoms with Gasteiger partial charge in [0.05, 0.1) is 5.69 Å². The lowest BCUT2D eigenvalue weighted by molar-refractivity contribution is -0.132. The number of esters is 1. The molecule has 6 heteroatoms. The molecular weight excluding hydrogens is 305 g/mol. The quantitative estimate of drug-likeness (QED) is 0.362. The molecule has 3 aliphatic rings. The molecule has 3 heterocycles.